The van der Waals surface area contributed by atoms with Gasteiger partial charge < -0.3 is 0 Å². The second-order valence-corrected chi connectivity index (χ2v) is 5.29. The van der Waals surface area contributed by atoms with Gasteiger partial charge in [0.1, 0.15) is 5.82 Å². The van der Waals surface area contributed by atoms with Crippen molar-refractivity contribution in [2.24, 2.45) is 0 Å². The van der Waals surface area contributed by atoms with Crippen molar-refractivity contribution < 1.29 is 4.39 Å². The molecular weight excluding hydrogens is 235 g/mol. The zero-order chi connectivity index (χ0) is 13.7. The van der Waals surface area contributed by atoms with Crippen LogP contribution in [-0.4, -0.2) is 0 Å². The highest BCUT2D eigenvalue weighted by molar-refractivity contribution is 5.36. The van der Waals surface area contributed by atoms with Crippen molar-refractivity contribution in [3.63, 3.8) is 0 Å². The van der Waals surface area contributed by atoms with E-state index in [1.807, 2.05) is 6.07 Å². The number of benzene rings is 1. The van der Waals surface area contributed by atoms with E-state index in [1.165, 1.54) is 22.8 Å². The molecule has 0 aromatic heterocycles. The Labute approximate surface area is 115 Å². The van der Waals surface area contributed by atoms with Crippen molar-refractivity contribution in [2.45, 2.75) is 39.0 Å². The highest BCUT2D eigenvalue weighted by Gasteiger charge is 2.07. The van der Waals surface area contributed by atoms with Gasteiger partial charge in [0.25, 0.3) is 0 Å². The minimum atomic E-state index is -0.146. The summed E-state index contributed by atoms with van der Waals surface area (Å²) < 4.78 is 13.0. The molecule has 1 heteroatoms. The van der Waals surface area contributed by atoms with E-state index in [4.69, 9.17) is 0 Å². The van der Waals surface area contributed by atoms with E-state index in [-0.39, 0.29) is 5.82 Å². The number of allylic oxidation sites excluding steroid dienone is 5. The van der Waals surface area contributed by atoms with E-state index in [0.29, 0.717) is 0 Å². The van der Waals surface area contributed by atoms with E-state index >= 15 is 0 Å². The van der Waals surface area contributed by atoms with Gasteiger partial charge in [-0.3, -0.25) is 0 Å². The number of halogens is 1. The molecule has 0 spiro atoms. The molecule has 2 rings (SSSR count). The summed E-state index contributed by atoms with van der Waals surface area (Å²) in [5.74, 6) is -0.146. The summed E-state index contributed by atoms with van der Waals surface area (Å²) in [7, 11) is 0. The molecule has 19 heavy (non-hydrogen) atoms. The van der Waals surface area contributed by atoms with Gasteiger partial charge in [0.2, 0.25) is 0 Å². The minimum Gasteiger partial charge on any atom is -0.207 e. The minimum absolute atomic E-state index is 0.146. The van der Waals surface area contributed by atoms with Crippen LogP contribution in [0.25, 0.3) is 0 Å². The van der Waals surface area contributed by atoms with E-state index in [9.17, 15) is 4.39 Å². The molecule has 100 valence electrons. The number of hydrogen-bond acceptors (Lipinski definition) is 0. The highest BCUT2D eigenvalue weighted by Crippen LogP contribution is 2.25. The van der Waals surface area contributed by atoms with E-state index in [2.05, 4.69) is 25.7 Å². The van der Waals surface area contributed by atoms with Crippen molar-refractivity contribution in [3.05, 3.63) is 71.1 Å². The summed E-state index contributed by atoms with van der Waals surface area (Å²) >= 11 is 0. The second-order valence-electron chi connectivity index (χ2n) is 5.29. The van der Waals surface area contributed by atoms with Gasteiger partial charge in [0.05, 0.1) is 0 Å². The standard InChI is InChI=1S/C18H21F/c1-14-9-11-17(12-10-14)15(2)5-3-6-16-7-4-8-18(19)13-16/h4,7-9,11,13H,2-3,5-6,10,12H2,1H3. The lowest BCUT2D eigenvalue weighted by Crippen LogP contribution is -1.96. The van der Waals surface area contributed by atoms with Crippen LogP contribution in [0.4, 0.5) is 4.39 Å². The predicted octanol–water partition coefficient (Wildman–Crippen LogP) is 5.37. The van der Waals surface area contributed by atoms with E-state index < -0.39 is 0 Å². The van der Waals surface area contributed by atoms with Crippen LogP contribution in [0, 0.1) is 5.82 Å². The van der Waals surface area contributed by atoms with Crippen LogP contribution in [0.5, 0.6) is 0 Å². The van der Waals surface area contributed by atoms with E-state index in [1.54, 1.807) is 12.1 Å². The maximum absolute atomic E-state index is 13.0. The first-order chi connectivity index (χ1) is 9.15. The molecular formula is C18H21F. The molecule has 0 radical (unpaired) electrons. The molecule has 1 aromatic rings. The zero-order valence-corrected chi connectivity index (χ0v) is 11.6. The van der Waals surface area contributed by atoms with Gasteiger partial charge in [-0.1, -0.05) is 42.0 Å². The Kier molecular flexibility index (Phi) is 4.73. The first-order valence-corrected chi connectivity index (χ1v) is 6.94. The third kappa shape index (κ3) is 4.20. The summed E-state index contributed by atoms with van der Waals surface area (Å²) in [6, 6.07) is 6.87. The molecule has 0 amide bonds. The summed E-state index contributed by atoms with van der Waals surface area (Å²) in [6.45, 7) is 6.35. The molecule has 0 nitrogen and oxygen atoms in total. The normalized spacial score (nSPS) is 14.8. The summed E-state index contributed by atoms with van der Waals surface area (Å²) in [4.78, 5) is 0. The van der Waals surface area contributed by atoms with Crippen LogP contribution in [0.1, 0.15) is 38.2 Å². The maximum atomic E-state index is 13.0. The SMILES string of the molecule is C=C(CCCc1cccc(F)c1)C1=CC=C(C)CC1. The first-order valence-electron chi connectivity index (χ1n) is 6.94. The van der Waals surface area contributed by atoms with Crippen LogP contribution in [0.3, 0.4) is 0 Å². The Morgan fingerprint density at radius 1 is 1.26 bits per heavy atom. The van der Waals surface area contributed by atoms with Gasteiger partial charge in [0.15, 0.2) is 0 Å². The van der Waals surface area contributed by atoms with Crippen LogP contribution < -0.4 is 0 Å². The van der Waals surface area contributed by atoms with Gasteiger partial charge in [-0.2, -0.15) is 0 Å². The highest BCUT2D eigenvalue weighted by atomic mass is 19.1. The van der Waals surface area contributed by atoms with Gasteiger partial charge in [-0.25, -0.2) is 4.39 Å². The number of aryl methyl sites for hydroxylation is 1. The molecule has 1 aliphatic carbocycles. The Morgan fingerprint density at radius 3 is 2.79 bits per heavy atom. The molecule has 0 atom stereocenters. The van der Waals surface area contributed by atoms with Crippen LogP contribution in [0.2, 0.25) is 0 Å². The van der Waals surface area contributed by atoms with Crippen LogP contribution in [0.15, 0.2) is 59.7 Å². The Hall–Kier alpha value is -1.63. The van der Waals surface area contributed by atoms with Crippen molar-refractivity contribution in [2.75, 3.05) is 0 Å². The quantitative estimate of drug-likeness (QED) is 0.664. The molecule has 0 saturated carbocycles. The Morgan fingerprint density at radius 2 is 2.11 bits per heavy atom. The number of hydrogen-bond donors (Lipinski definition) is 0. The average Bonchev–Trinajstić information content (AvgIpc) is 2.39. The third-order valence-corrected chi connectivity index (χ3v) is 3.64. The molecule has 0 saturated heterocycles. The lowest BCUT2D eigenvalue weighted by Gasteiger charge is -2.14. The molecule has 1 aliphatic rings. The molecule has 0 aliphatic heterocycles. The predicted molar refractivity (Wildman–Crippen MR) is 79.6 cm³/mol. The van der Waals surface area contributed by atoms with Crippen molar-refractivity contribution >= 4 is 0 Å². The Bertz CT molecular complexity index is 520. The largest absolute Gasteiger partial charge is 0.207 e. The Balaban J connectivity index is 1.81. The molecule has 0 heterocycles. The maximum Gasteiger partial charge on any atom is 0.123 e. The average molecular weight is 256 g/mol. The van der Waals surface area contributed by atoms with Crippen molar-refractivity contribution in [1.29, 1.82) is 0 Å². The fraction of sp³-hybridized carbons (Fsp3) is 0.333. The topological polar surface area (TPSA) is 0 Å². The van der Waals surface area contributed by atoms with Gasteiger partial charge in [-0.05, 0) is 62.3 Å². The lowest BCUT2D eigenvalue weighted by atomic mass is 9.91. The second kappa shape index (κ2) is 6.51. The summed E-state index contributed by atoms with van der Waals surface area (Å²) in [5, 5.41) is 0. The van der Waals surface area contributed by atoms with Gasteiger partial charge in [-0.15, -0.1) is 0 Å². The van der Waals surface area contributed by atoms with Crippen LogP contribution >= 0.6 is 0 Å². The zero-order valence-electron chi connectivity index (χ0n) is 11.6. The smallest absolute Gasteiger partial charge is 0.123 e. The summed E-state index contributed by atoms with van der Waals surface area (Å²) in [5.41, 5.74) is 5.13. The molecule has 0 fully saturated rings. The van der Waals surface area contributed by atoms with Gasteiger partial charge in [0, 0.05) is 0 Å². The van der Waals surface area contributed by atoms with E-state index in [0.717, 1.165) is 37.7 Å². The van der Waals surface area contributed by atoms with Gasteiger partial charge >= 0.3 is 0 Å². The fourth-order valence-corrected chi connectivity index (χ4v) is 2.39. The van der Waals surface area contributed by atoms with Crippen LogP contribution in [-0.2, 0) is 6.42 Å². The third-order valence-electron chi connectivity index (χ3n) is 3.64. The monoisotopic (exact) mass is 256 g/mol. The van der Waals surface area contributed by atoms with Crippen molar-refractivity contribution in [3.8, 4) is 0 Å². The molecule has 0 N–H and O–H groups in total. The first kappa shape index (κ1) is 13.8. The molecule has 1 aromatic carbocycles. The molecule has 0 unspecified atom stereocenters. The number of rotatable bonds is 5. The van der Waals surface area contributed by atoms with Crippen molar-refractivity contribution in [1.82, 2.24) is 0 Å². The summed E-state index contributed by atoms with van der Waals surface area (Å²) in [6.07, 6.45) is 9.59. The fourth-order valence-electron chi connectivity index (χ4n) is 2.39. The molecule has 0 bridgehead atoms. The lowest BCUT2D eigenvalue weighted by molar-refractivity contribution is 0.624.